The van der Waals surface area contributed by atoms with Crippen molar-refractivity contribution in [2.75, 3.05) is 5.32 Å². The summed E-state index contributed by atoms with van der Waals surface area (Å²) in [6.07, 6.45) is 0. The second-order valence-electron chi connectivity index (χ2n) is 5.23. The van der Waals surface area contributed by atoms with Gasteiger partial charge in [0.25, 0.3) is 0 Å². The molecule has 4 rings (SSSR count). The highest BCUT2D eigenvalue weighted by Crippen LogP contribution is 2.29. The molecule has 0 bridgehead atoms. The molecule has 0 aliphatic carbocycles. The van der Waals surface area contributed by atoms with Crippen molar-refractivity contribution < 1.29 is 0 Å². The highest BCUT2D eigenvalue weighted by molar-refractivity contribution is 7.14. The van der Waals surface area contributed by atoms with Gasteiger partial charge in [0.1, 0.15) is 0 Å². The van der Waals surface area contributed by atoms with Crippen molar-refractivity contribution in [3.05, 3.63) is 77.1 Å². The number of hydrogen-bond acceptors (Lipinski definition) is 3. The Balaban J connectivity index is 1.62. The molecule has 1 N–H and O–H groups in total. The summed E-state index contributed by atoms with van der Waals surface area (Å²) in [5.41, 5.74) is 3.09. The lowest BCUT2D eigenvalue weighted by Gasteiger charge is -2.02. The highest BCUT2D eigenvalue weighted by atomic mass is 35.5. The zero-order chi connectivity index (χ0) is 15.6. The van der Waals surface area contributed by atoms with E-state index >= 15 is 0 Å². The number of benzene rings is 3. The van der Waals surface area contributed by atoms with Gasteiger partial charge < -0.3 is 5.32 Å². The molecule has 0 unspecified atom stereocenters. The summed E-state index contributed by atoms with van der Waals surface area (Å²) in [6, 6.07) is 22.4. The number of halogens is 1. The number of hydrogen-bond donors (Lipinski definition) is 1. The maximum Gasteiger partial charge on any atom is 0.187 e. The Bertz CT molecular complexity index is 960. The molecule has 0 atom stereocenters. The Hall–Kier alpha value is -2.36. The van der Waals surface area contributed by atoms with E-state index in [0.29, 0.717) is 0 Å². The molecule has 0 spiro atoms. The van der Waals surface area contributed by atoms with Crippen LogP contribution in [0.15, 0.2) is 72.1 Å². The van der Waals surface area contributed by atoms with Gasteiger partial charge in [-0.3, -0.25) is 0 Å². The van der Waals surface area contributed by atoms with Crippen LogP contribution < -0.4 is 5.32 Å². The first-order chi connectivity index (χ1) is 11.3. The fraction of sp³-hybridized carbons (Fsp3) is 0. The number of nitrogens with one attached hydrogen (secondary N) is 1. The van der Waals surface area contributed by atoms with Crippen LogP contribution >= 0.6 is 22.9 Å². The summed E-state index contributed by atoms with van der Waals surface area (Å²) in [7, 11) is 0. The molecule has 0 amide bonds. The number of fused-ring (bicyclic) bond motifs is 1. The van der Waals surface area contributed by atoms with E-state index in [1.165, 1.54) is 10.8 Å². The predicted octanol–water partition coefficient (Wildman–Crippen LogP) is 6.36. The lowest BCUT2D eigenvalue weighted by molar-refractivity contribution is 1.39. The van der Waals surface area contributed by atoms with E-state index in [-0.39, 0.29) is 0 Å². The topological polar surface area (TPSA) is 24.9 Å². The van der Waals surface area contributed by atoms with Crippen LogP contribution in [-0.4, -0.2) is 4.98 Å². The lowest BCUT2D eigenvalue weighted by atomic mass is 10.1. The third kappa shape index (κ3) is 3.07. The van der Waals surface area contributed by atoms with E-state index in [0.717, 1.165) is 27.1 Å². The van der Waals surface area contributed by atoms with Crippen LogP contribution in [0.5, 0.6) is 0 Å². The van der Waals surface area contributed by atoms with Crippen molar-refractivity contribution >= 4 is 44.5 Å². The Labute approximate surface area is 143 Å². The summed E-state index contributed by atoms with van der Waals surface area (Å²) in [5, 5.41) is 9.45. The van der Waals surface area contributed by atoms with Gasteiger partial charge in [0.15, 0.2) is 5.13 Å². The van der Waals surface area contributed by atoms with Crippen molar-refractivity contribution in [3.8, 4) is 11.3 Å². The molecule has 23 heavy (non-hydrogen) atoms. The van der Waals surface area contributed by atoms with E-state index in [1.54, 1.807) is 11.3 Å². The molecule has 112 valence electrons. The van der Waals surface area contributed by atoms with Crippen LogP contribution in [0.25, 0.3) is 22.0 Å². The Morgan fingerprint density at radius 3 is 2.48 bits per heavy atom. The molecule has 4 heteroatoms. The molecule has 0 radical (unpaired) electrons. The van der Waals surface area contributed by atoms with Crippen molar-refractivity contribution in [2.24, 2.45) is 0 Å². The largest absolute Gasteiger partial charge is 0.332 e. The molecule has 0 saturated heterocycles. The number of anilines is 2. The number of aromatic nitrogens is 1. The molecule has 4 aromatic rings. The predicted molar refractivity (Wildman–Crippen MR) is 99.8 cm³/mol. The second kappa shape index (κ2) is 6.03. The Kier molecular flexibility index (Phi) is 3.74. The minimum absolute atomic E-state index is 0.728. The third-order valence-corrected chi connectivity index (χ3v) is 4.65. The number of rotatable bonds is 3. The quantitative estimate of drug-likeness (QED) is 0.470. The first kappa shape index (κ1) is 14.2. The highest BCUT2D eigenvalue weighted by Gasteiger charge is 2.06. The Morgan fingerprint density at radius 2 is 1.65 bits per heavy atom. The Morgan fingerprint density at radius 1 is 0.870 bits per heavy atom. The molecular weight excluding hydrogens is 324 g/mol. The van der Waals surface area contributed by atoms with Crippen molar-refractivity contribution in [3.63, 3.8) is 0 Å². The zero-order valence-electron chi connectivity index (χ0n) is 12.2. The molecular formula is C19H13ClN2S. The van der Waals surface area contributed by atoms with E-state index < -0.39 is 0 Å². The van der Waals surface area contributed by atoms with Gasteiger partial charge >= 0.3 is 0 Å². The SMILES string of the molecule is Clc1ccc(Nc2nc(-c3ccc4ccccc4c3)cs2)cc1. The van der Waals surface area contributed by atoms with Crippen molar-refractivity contribution in [2.45, 2.75) is 0 Å². The maximum absolute atomic E-state index is 5.91. The lowest BCUT2D eigenvalue weighted by Crippen LogP contribution is -1.89. The van der Waals surface area contributed by atoms with Crippen LogP contribution in [-0.2, 0) is 0 Å². The fourth-order valence-corrected chi connectivity index (χ4v) is 3.33. The average molecular weight is 337 g/mol. The molecule has 1 heterocycles. The maximum atomic E-state index is 5.91. The van der Waals surface area contributed by atoms with Gasteiger partial charge in [-0.15, -0.1) is 11.3 Å². The van der Waals surface area contributed by atoms with Crippen LogP contribution in [0.3, 0.4) is 0 Å². The standard InChI is InChI=1S/C19H13ClN2S/c20-16-7-9-17(10-8-16)21-19-22-18(12-23-19)15-6-5-13-3-1-2-4-14(13)11-15/h1-12H,(H,21,22). The normalized spacial score (nSPS) is 10.8. The van der Waals surface area contributed by atoms with Crippen LogP contribution in [0.1, 0.15) is 0 Å². The first-order valence-corrected chi connectivity index (χ1v) is 8.51. The van der Waals surface area contributed by atoms with Crippen molar-refractivity contribution in [1.82, 2.24) is 4.98 Å². The van der Waals surface area contributed by atoms with Gasteiger partial charge in [0, 0.05) is 21.7 Å². The van der Waals surface area contributed by atoms with Crippen molar-refractivity contribution in [1.29, 1.82) is 0 Å². The summed E-state index contributed by atoms with van der Waals surface area (Å²) in [4.78, 5) is 4.68. The number of thiazole rings is 1. The van der Waals surface area contributed by atoms with Gasteiger partial charge in [0.2, 0.25) is 0 Å². The minimum atomic E-state index is 0.728. The van der Waals surface area contributed by atoms with E-state index in [1.807, 2.05) is 24.3 Å². The fourth-order valence-electron chi connectivity index (χ4n) is 2.47. The average Bonchev–Trinajstić information content (AvgIpc) is 3.05. The molecule has 1 aromatic heterocycles. The second-order valence-corrected chi connectivity index (χ2v) is 6.53. The third-order valence-electron chi connectivity index (χ3n) is 3.64. The van der Waals surface area contributed by atoms with Crippen LogP contribution in [0.4, 0.5) is 10.8 Å². The molecule has 2 nitrogen and oxygen atoms in total. The van der Waals surface area contributed by atoms with Gasteiger partial charge in [0.05, 0.1) is 5.69 Å². The van der Waals surface area contributed by atoms with Gasteiger partial charge in [-0.25, -0.2) is 4.98 Å². The molecule has 0 fully saturated rings. The summed E-state index contributed by atoms with van der Waals surface area (Å²) >= 11 is 7.50. The van der Waals surface area contributed by atoms with Gasteiger partial charge in [-0.1, -0.05) is 48.0 Å². The van der Waals surface area contributed by atoms with Crippen LogP contribution in [0.2, 0.25) is 5.02 Å². The smallest absolute Gasteiger partial charge is 0.187 e. The molecule has 0 saturated carbocycles. The van der Waals surface area contributed by atoms with E-state index in [4.69, 9.17) is 11.6 Å². The number of nitrogens with zero attached hydrogens (tertiary/aromatic N) is 1. The van der Waals surface area contributed by atoms with Crippen LogP contribution in [0, 0.1) is 0 Å². The molecule has 3 aromatic carbocycles. The monoisotopic (exact) mass is 336 g/mol. The summed E-state index contributed by atoms with van der Waals surface area (Å²) in [5.74, 6) is 0. The zero-order valence-corrected chi connectivity index (χ0v) is 13.7. The van der Waals surface area contributed by atoms with Gasteiger partial charge in [-0.2, -0.15) is 0 Å². The molecule has 0 aliphatic heterocycles. The summed E-state index contributed by atoms with van der Waals surface area (Å²) in [6.45, 7) is 0. The minimum Gasteiger partial charge on any atom is -0.332 e. The van der Waals surface area contributed by atoms with Gasteiger partial charge in [-0.05, 0) is 41.1 Å². The van der Waals surface area contributed by atoms with E-state index in [2.05, 4.69) is 58.1 Å². The van der Waals surface area contributed by atoms with E-state index in [9.17, 15) is 0 Å². The molecule has 0 aliphatic rings. The first-order valence-electron chi connectivity index (χ1n) is 7.25. The summed E-state index contributed by atoms with van der Waals surface area (Å²) < 4.78 is 0.